The Hall–Kier alpha value is -3.28. The third kappa shape index (κ3) is 3.11. The van der Waals surface area contributed by atoms with Gasteiger partial charge in [0.05, 0.1) is 17.3 Å². The maximum atomic E-state index is 13.7. The average molecular weight is 377 g/mol. The number of fused-ring (bicyclic) bond motifs is 1. The molecule has 0 saturated carbocycles. The van der Waals surface area contributed by atoms with E-state index in [1.165, 1.54) is 16.8 Å². The van der Waals surface area contributed by atoms with E-state index in [-0.39, 0.29) is 18.1 Å². The first-order chi connectivity index (χ1) is 13.5. The number of anilines is 1. The van der Waals surface area contributed by atoms with Crippen molar-refractivity contribution >= 4 is 17.5 Å². The van der Waals surface area contributed by atoms with Crippen molar-refractivity contribution in [2.24, 2.45) is 0 Å². The van der Waals surface area contributed by atoms with Crippen LogP contribution in [-0.4, -0.2) is 21.5 Å². The SMILES string of the molecule is CCc1ccc(C(=O)[C@@H]2CC(=O)Nc3c2c(C)nn3-c2cccc(F)c2)cc1. The second kappa shape index (κ2) is 7.03. The van der Waals surface area contributed by atoms with Gasteiger partial charge in [-0.2, -0.15) is 5.10 Å². The summed E-state index contributed by atoms with van der Waals surface area (Å²) in [5.74, 6) is -0.944. The Balaban J connectivity index is 1.78. The van der Waals surface area contributed by atoms with Crippen molar-refractivity contribution in [1.29, 1.82) is 0 Å². The smallest absolute Gasteiger partial charge is 0.226 e. The Morgan fingerprint density at radius 3 is 2.68 bits per heavy atom. The van der Waals surface area contributed by atoms with E-state index in [2.05, 4.69) is 17.3 Å². The number of nitrogens with zero attached hydrogens (tertiary/aromatic N) is 2. The summed E-state index contributed by atoms with van der Waals surface area (Å²) in [6.45, 7) is 3.85. The summed E-state index contributed by atoms with van der Waals surface area (Å²) in [6, 6.07) is 13.4. The standard InChI is InChI=1S/C22H20FN3O2/c1-3-14-7-9-15(10-8-14)21(28)18-12-19(27)24-22-20(18)13(2)25-26(22)17-6-4-5-16(23)11-17/h4-11,18H,3,12H2,1-2H3,(H,24,27)/t18-/m1/s1. The van der Waals surface area contributed by atoms with Crippen LogP contribution in [0.3, 0.4) is 0 Å². The highest BCUT2D eigenvalue weighted by Gasteiger charge is 2.36. The molecule has 0 radical (unpaired) electrons. The fourth-order valence-corrected chi connectivity index (χ4v) is 3.67. The molecule has 1 aliphatic rings. The first-order valence-corrected chi connectivity index (χ1v) is 9.26. The van der Waals surface area contributed by atoms with Gasteiger partial charge in [0.1, 0.15) is 11.6 Å². The molecule has 0 unspecified atom stereocenters. The van der Waals surface area contributed by atoms with Crippen LogP contribution in [0.5, 0.6) is 0 Å². The Labute approximate surface area is 162 Å². The number of nitrogens with one attached hydrogen (secondary N) is 1. The molecule has 1 aliphatic heterocycles. The number of amides is 1. The molecule has 5 nitrogen and oxygen atoms in total. The third-order valence-electron chi connectivity index (χ3n) is 5.12. The summed E-state index contributed by atoms with van der Waals surface area (Å²) in [6.07, 6.45) is 0.959. The zero-order chi connectivity index (χ0) is 19.8. The van der Waals surface area contributed by atoms with Gasteiger partial charge >= 0.3 is 0 Å². The number of Topliss-reactive ketones (excluding diaryl/α,β-unsaturated/α-hetero) is 1. The second-order valence-corrected chi connectivity index (χ2v) is 6.96. The van der Waals surface area contributed by atoms with E-state index in [9.17, 15) is 14.0 Å². The van der Waals surface area contributed by atoms with Crippen LogP contribution in [0, 0.1) is 12.7 Å². The lowest BCUT2D eigenvalue weighted by molar-refractivity contribution is -0.116. The maximum Gasteiger partial charge on any atom is 0.226 e. The van der Waals surface area contributed by atoms with Crippen molar-refractivity contribution in [3.63, 3.8) is 0 Å². The molecule has 4 rings (SSSR count). The van der Waals surface area contributed by atoms with Crippen LogP contribution in [0.1, 0.15) is 46.4 Å². The quantitative estimate of drug-likeness (QED) is 0.694. The minimum atomic E-state index is -0.612. The number of hydrogen-bond acceptors (Lipinski definition) is 3. The second-order valence-electron chi connectivity index (χ2n) is 6.96. The molecule has 3 aromatic rings. The van der Waals surface area contributed by atoms with Crippen LogP contribution in [0.2, 0.25) is 0 Å². The van der Waals surface area contributed by atoms with Gasteiger partial charge in [0, 0.05) is 17.5 Å². The Kier molecular flexibility index (Phi) is 4.55. The van der Waals surface area contributed by atoms with E-state index >= 15 is 0 Å². The molecular formula is C22H20FN3O2. The minimum Gasteiger partial charge on any atom is -0.310 e. The van der Waals surface area contributed by atoms with Gasteiger partial charge in [-0.25, -0.2) is 9.07 Å². The van der Waals surface area contributed by atoms with Crippen molar-refractivity contribution in [2.45, 2.75) is 32.6 Å². The molecule has 1 atom stereocenters. The van der Waals surface area contributed by atoms with Crippen molar-refractivity contribution in [3.8, 4) is 5.69 Å². The van der Waals surface area contributed by atoms with Crippen molar-refractivity contribution in [2.75, 3.05) is 5.32 Å². The summed E-state index contributed by atoms with van der Waals surface area (Å²) >= 11 is 0. The number of carbonyl (C=O) groups excluding carboxylic acids is 2. The molecule has 1 amide bonds. The number of benzene rings is 2. The zero-order valence-electron chi connectivity index (χ0n) is 15.7. The first-order valence-electron chi connectivity index (χ1n) is 9.26. The van der Waals surface area contributed by atoms with E-state index in [0.29, 0.717) is 28.3 Å². The van der Waals surface area contributed by atoms with Crippen LogP contribution >= 0.6 is 0 Å². The molecule has 1 aromatic heterocycles. The molecular weight excluding hydrogens is 357 g/mol. The topological polar surface area (TPSA) is 64.0 Å². The van der Waals surface area contributed by atoms with Crippen molar-refractivity contribution < 1.29 is 14.0 Å². The fraction of sp³-hybridized carbons (Fsp3) is 0.227. The lowest BCUT2D eigenvalue weighted by Gasteiger charge is -2.23. The lowest BCUT2D eigenvalue weighted by atomic mass is 9.85. The van der Waals surface area contributed by atoms with Gasteiger partial charge in [0.15, 0.2) is 5.78 Å². The number of aryl methyl sites for hydroxylation is 2. The van der Waals surface area contributed by atoms with Gasteiger partial charge in [-0.3, -0.25) is 9.59 Å². The van der Waals surface area contributed by atoms with Crippen LogP contribution in [0.4, 0.5) is 10.2 Å². The molecule has 0 fully saturated rings. The van der Waals surface area contributed by atoms with Gasteiger partial charge in [-0.05, 0) is 37.1 Å². The lowest BCUT2D eigenvalue weighted by Crippen LogP contribution is -2.28. The molecule has 6 heteroatoms. The zero-order valence-corrected chi connectivity index (χ0v) is 15.7. The molecule has 1 N–H and O–H groups in total. The predicted molar refractivity (Wildman–Crippen MR) is 104 cm³/mol. The normalized spacial score (nSPS) is 15.8. The minimum absolute atomic E-state index is 0.0665. The van der Waals surface area contributed by atoms with E-state index < -0.39 is 11.7 Å². The largest absolute Gasteiger partial charge is 0.310 e. The van der Waals surface area contributed by atoms with E-state index in [1.807, 2.05) is 12.1 Å². The summed E-state index contributed by atoms with van der Waals surface area (Å²) in [5, 5.41) is 7.28. The monoisotopic (exact) mass is 377 g/mol. The number of aromatic nitrogens is 2. The van der Waals surface area contributed by atoms with Crippen molar-refractivity contribution in [1.82, 2.24) is 9.78 Å². The molecule has 0 saturated heterocycles. The van der Waals surface area contributed by atoms with Crippen LogP contribution in [0.25, 0.3) is 5.69 Å². The molecule has 2 heterocycles. The highest BCUT2D eigenvalue weighted by Crippen LogP contribution is 2.38. The number of hydrogen-bond donors (Lipinski definition) is 1. The van der Waals surface area contributed by atoms with Gasteiger partial charge in [0.2, 0.25) is 5.91 Å². The Morgan fingerprint density at radius 1 is 1.25 bits per heavy atom. The highest BCUT2D eigenvalue weighted by molar-refractivity contribution is 6.08. The molecule has 0 aliphatic carbocycles. The fourth-order valence-electron chi connectivity index (χ4n) is 3.67. The summed E-state index contributed by atoms with van der Waals surface area (Å²) < 4.78 is 15.2. The highest BCUT2D eigenvalue weighted by atomic mass is 19.1. The summed E-state index contributed by atoms with van der Waals surface area (Å²) in [4.78, 5) is 25.5. The number of ketones is 1. The van der Waals surface area contributed by atoms with Gasteiger partial charge in [-0.1, -0.05) is 37.3 Å². The third-order valence-corrected chi connectivity index (χ3v) is 5.12. The molecule has 0 bridgehead atoms. The molecule has 28 heavy (non-hydrogen) atoms. The predicted octanol–water partition coefficient (Wildman–Crippen LogP) is 4.19. The van der Waals surface area contributed by atoms with E-state index in [0.717, 1.165) is 12.0 Å². The average Bonchev–Trinajstić information content (AvgIpc) is 3.03. The van der Waals surface area contributed by atoms with Crippen LogP contribution in [-0.2, 0) is 11.2 Å². The van der Waals surface area contributed by atoms with E-state index in [4.69, 9.17) is 0 Å². The first kappa shape index (κ1) is 18.1. The Morgan fingerprint density at radius 2 is 2.00 bits per heavy atom. The molecule has 142 valence electrons. The number of halogens is 1. The maximum absolute atomic E-state index is 13.7. The van der Waals surface area contributed by atoms with Gasteiger partial charge in [-0.15, -0.1) is 0 Å². The number of carbonyl (C=O) groups is 2. The number of rotatable bonds is 4. The summed E-state index contributed by atoms with van der Waals surface area (Å²) in [7, 11) is 0. The van der Waals surface area contributed by atoms with Crippen LogP contribution < -0.4 is 5.32 Å². The van der Waals surface area contributed by atoms with Crippen molar-refractivity contribution in [3.05, 3.63) is 76.7 Å². The summed E-state index contributed by atoms with van der Waals surface area (Å²) in [5.41, 5.74) is 3.54. The van der Waals surface area contributed by atoms with E-state index in [1.54, 1.807) is 31.2 Å². The molecule has 0 spiro atoms. The molecule has 2 aromatic carbocycles. The Bertz CT molecular complexity index is 1070. The van der Waals surface area contributed by atoms with Gasteiger partial charge < -0.3 is 5.32 Å². The van der Waals surface area contributed by atoms with Crippen LogP contribution in [0.15, 0.2) is 48.5 Å². The van der Waals surface area contributed by atoms with Gasteiger partial charge in [0.25, 0.3) is 0 Å².